The maximum Gasteiger partial charge on any atom is 0.253 e. The van der Waals surface area contributed by atoms with Crippen LogP contribution in [-0.4, -0.2) is 10.9 Å². The number of hydrogen-bond acceptors (Lipinski definition) is 3. The lowest BCUT2D eigenvalue weighted by Crippen LogP contribution is -2.22. The van der Waals surface area contributed by atoms with Crippen LogP contribution in [0.1, 0.15) is 15.2 Å². The van der Waals surface area contributed by atoms with Crippen molar-refractivity contribution in [2.75, 3.05) is 0 Å². The summed E-state index contributed by atoms with van der Waals surface area (Å²) < 4.78 is 0.713. The first-order valence-electron chi connectivity index (χ1n) is 4.78. The topological polar surface area (TPSA) is 42.0 Å². The van der Waals surface area contributed by atoms with Gasteiger partial charge in [-0.1, -0.05) is 17.7 Å². The van der Waals surface area contributed by atoms with Gasteiger partial charge in [0.15, 0.2) is 0 Å². The molecule has 0 atom stereocenters. The molecule has 0 unspecified atom stereocenters. The van der Waals surface area contributed by atoms with Crippen molar-refractivity contribution in [3.8, 4) is 0 Å². The molecule has 1 heterocycles. The number of carbonyl (C=O) groups is 1. The van der Waals surface area contributed by atoms with Crippen LogP contribution in [0.2, 0.25) is 5.02 Å². The fourth-order valence-corrected chi connectivity index (χ4v) is 2.38. The highest BCUT2D eigenvalue weighted by Crippen LogP contribution is 2.25. The Labute approximate surface area is 116 Å². The van der Waals surface area contributed by atoms with E-state index in [0.29, 0.717) is 21.6 Å². The quantitative estimate of drug-likeness (QED) is 0.935. The van der Waals surface area contributed by atoms with Gasteiger partial charge < -0.3 is 5.32 Å². The summed E-state index contributed by atoms with van der Waals surface area (Å²) in [5.74, 6) is -0.190. The maximum absolute atomic E-state index is 11.9. The molecule has 2 aromatic rings. The zero-order valence-corrected chi connectivity index (χ0v) is 11.8. The molecule has 0 saturated carbocycles. The number of thiazole rings is 1. The van der Waals surface area contributed by atoms with Crippen LogP contribution >= 0.6 is 38.9 Å². The van der Waals surface area contributed by atoms with Crippen molar-refractivity contribution in [3.05, 3.63) is 49.8 Å². The predicted molar refractivity (Wildman–Crippen MR) is 72.4 cm³/mol. The van der Waals surface area contributed by atoms with Gasteiger partial charge in [-0.05, 0) is 28.1 Å². The van der Waals surface area contributed by atoms with Crippen molar-refractivity contribution < 1.29 is 4.79 Å². The van der Waals surface area contributed by atoms with Gasteiger partial charge >= 0.3 is 0 Å². The molecular formula is C11H8BrClN2OS. The van der Waals surface area contributed by atoms with Crippen LogP contribution in [0.15, 0.2) is 34.4 Å². The van der Waals surface area contributed by atoms with Gasteiger partial charge in [0.05, 0.1) is 22.6 Å². The number of benzene rings is 1. The summed E-state index contributed by atoms with van der Waals surface area (Å²) in [7, 11) is 0. The highest BCUT2D eigenvalue weighted by molar-refractivity contribution is 9.10. The smallest absolute Gasteiger partial charge is 0.253 e. The normalized spacial score (nSPS) is 10.2. The van der Waals surface area contributed by atoms with Gasteiger partial charge in [0, 0.05) is 15.5 Å². The molecule has 1 aromatic carbocycles. The number of nitrogens with one attached hydrogen (secondary N) is 1. The lowest BCUT2D eigenvalue weighted by molar-refractivity contribution is 0.0951. The van der Waals surface area contributed by atoms with Gasteiger partial charge in [-0.3, -0.25) is 9.78 Å². The summed E-state index contributed by atoms with van der Waals surface area (Å²) in [5.41, 5.74) is 2.19. The minimum absolute atomic E-state index is 0.190. The summed E-state index contributed by atoms with van der Waals surface area (Å²) in [4.78, 5) is 16.8. The van der Waals surface area contributed by atoms with Gasteiger partial charge in [-0.25, -0.2) is 0 Å². The Hall–Kier alpha value is -0.910. The molecule has 0 saturated heterocycles. The number of aromatic nitrogens is 1. The molecule has 1 aromatic heterocycles. The van der Waals surface area contributed by atoms with Gasteiger partial charge in [0.1, 0.15) is 0 Å². The average Bonchev–Trinajstić information content (AvgIpc) is 2.82. The number of amides is 1. The van der Waals surface area contributed by atoms with Gasteiger partial charge in [0.25, 0.3) is 5.91 Å². The second kappa shape index (κ2) is 5.62. The second-order valence-corrected chi connectivity index (χ2v) is 5.45. The lowest BCUT2D eigenvalue weighted by Gasteiger charge is -2.06. The highest BCUT2D eigenvalue weighted by Gasteiger charge is 2.11. The molecule has 1 amide bonds. The van der Waals surface area contributed by atoms with E-state index in [1.165, 1.54) is 11.3 Å². The molecule has 17 heavy (non-hydrogen) atoms. The average molecular weight is 332 g/mol. The highest BCUT2D eigenvalue weighted by atomic mass is 79.9. The molecular weight excluding hydrogens is 324 g/mol. The fourth-order valence-electron chi connectivity index (χ4n) is 1.27. The Kier molecular flexibility index (Phi) is 4.15. The Morgan fingerprint density at radius 3 is 3.06 bits per heavy atom. The monoisotopic (exact) mass is 330 g/mol. The van der Waals surface area contributed by atoms with Gasteiger partial charge in [0.2, 0.25) is 0 Å². The van der Waals surface area contributed by atoms with Crippen molar-refractivity contribution >= 4 is 44.8 Å². The molecule has 6 heteroatoms. The minimum Gasteiger partial charge on any atom is -0.347 e. The Morgan fingerprint density at radius 2 is 2.35 bits per heavy atom. The third kappa shape index (κ3) is 3.06. The molecule has 0 spiro atoms. The summed E-state index contributed by atoms with van der Waals surface area (Å²) in [6.45, 7) is 0.465. The van der Waals surface area contributed by atoms with Crippen LogP contribution < -0.4 is 5.32 Å². The van der Waals surface area contributed by atoms with Crippen molar-refractivity contribution in [3.63, 3.8) is 0 Å². The van der Waals surface area contributed by atoms with E-state index in [9.17, 15) is 4.79 Å². The van der Waals surface area contributed by atoms with Crippen molar-refractivity contribution in [2.45, 2.75) is 6.54 Å². The first-order valence-corrected chi connectivity index (χ1v) is 6.83. The summed E-state index contributed by atoms with van der Waals surface area (Å²) in [5, 5.41) is 3.22. The maximum atomic E-state index is 11.9. The van der Waals surface area contributed by atoms with Crippen molar-refractivity contribution in [2.24, 2.45) is 0 Å². The zero-order chi connectivity index (χ0) is 12.3. The molecule has 0 bridgehead atoms. The van der Waals surface area contributed by atoms with E-state index in [4.69, 9.17) is 11.6 Å². The zero-order valence-electron chi connectivity index (χ0n) is 8.61. The van der Waals surface area contributed by atoms with E-state index >= 15 is 0 Å². The Bertz CT molecular complexity index is 530. The first kappa shape index (κ1) is 12.5. The van der Waals surface area contributed by atoms with E-state index < -0.39 is 0 Å². The van der Waals surface area contributed by atoms with Gasteiger partial charge in [-0.15, -0.1) is 11.3 Å². The van der Waals surface area contributed by atoms with Gasteiger partial charge in [-0.2, -0.15) is 0 Å². The van der Waals surface area contributed by atoms with E-state index in [0.717, 1.165) is 4.88 Å². The molecule has 0 aliphatic carbocycles. The Morgan fingerprint density at radius 1 is 1.53 bits per heavy atom. The van der Waals surface area contributed by atoms with Crippen LogP contribution in [0.3, 0.4) is 0 Å². The number of hydrogen-bond donors (Lipinski definition) is 1. The molecule has 0 radical (unpaired) electrons. The summed E-state index contributed by atoms with van der Waals surface area (Å²) >= 11 is 10.8. The summed E-state index contributed by atoms with van der Waals surface area (Å²) in [6.07, 6.45) is 1.73. The van der Waals surface area contributed by atoms with Crippen LogP contribution in [0.4, 0.5) is 0 Å². The number of rotatable bonds is 3. The minimum atomic E-state index is -0.190. The molecule has 1 N–H and O–H groups in total. The standard InChI is InChI=1S/C11H8BrClN2OS/c12-9-3-1-2-8(10(9)13)11(16)15-5-7-4-14-6-17-7/h1-4,6H,5H2,(H,15,16). The van der Waals surface area contributed by atoms with Crippen LogP contribution in [0.25, 0.3) is 0 Å². The molecule has 0 fully saturated rings. The summed E-state index contributed by atoms with van der Waals surface area (Å²) in [6, 6.07) is 5.26. The largest absolute Gasteiger partial charge is 0.347 e. The third-order valence-electron chi connectivity index (χ3n) is 2.10. The fraction of sp³-hybridized carbons (Fsp3) is 0.0909. The molecule has 2 rings (SSSR count). The van der Waals surface area contributed by atoms with Crippen LogP contribution in [0, 0.1) is 0 Å². The van der Waals surface area contributed by atoms with E-state index in [-0.39, 0.29) is 5.91 Å². The van der Waals surface area contributed by atoms with Crippen LogP contribution in [-0.2, 0) is 6.54 Å². The first-order chi connectivity index (χ1) is 8.18. The lowest BCUT2D eigenvalue weighted by atomic mass is 10.2. The molecule has 0 aliphatic rings. The predicted octanol–water partition coefficient (Wildman–Crippen LogP) is 3.49. The SMILES string of the molecule is O=C(NCc1cncs1)c1cccc(Br)c1Cl. The van der Waals surface area contributed by atoms with Crippen molar-refractivity contribution in [1.82, 2.24) is 10.3 Å². The van der Waals surface area contributed by atoms with E-state index in [1.807, 2.05) is 0 Å². The molecule has 0 aliphatic heterocycles. The molecule has 3 nitrogen and oxygen atoms in total. The van der Waals surface area contributed by atoms with Crippen LogP contribution in [0.5, 0.6) is 0 Å². The second-order valence-electron chi connectivity index (χ2n) is 3.25. The van der Waals surface area contributed by atoms with E-state index in [1.54, 1.807) is 29.9 Å². The van der Waals surface area contributed by atoms with Crippen molar-refractivity contribution in [1.29, 1.82) is 0 Å². The number of halogens is 2. The third-order valence-corrected chi connectivity index (χ3v) is 4.18. The number of carbonyl (C=O) groups excluding carboxylic acids is 1. The molecule has 88 valence electrons. The number of nitrogens with zero attached hydrogens (tertiary/aromatic N) is 1. The Balaban J connectivity index is 2.07. The van der Waals surface area contributed by atoms with E-state index in [2.05, 4.69) is 26.2 Å².